The van der Waals surface area contributed by atoms with Gasteiger partial charge in [0.2, 0.25) is 0 Å². The largest absolute Gasteiger partial charge is 0.161 e. The molecule has 0 saturated carbocycles. The molecule has 8 bridgehead atoms. The molecule has 1 unspecified atom stereocenters. The van der Waals surface area contributed by atoms with Crippen LogP contribution in [0.2, 0.25) is 0 Å². The van der Waals surface area contributed by atoms with Crippen molar-refractivity contribution in [2.75, 3.05) is 34.5 Å². The molecule has 3 aromatic rings. The molecule has 10 aliphatic heterocycles. The second-order valence-electron chi connectivity index (χ2n) is 10.8. The SMILES string of the molecule is C1=CC2CC=C1CSCCc1ccc(cc1)CCSCc1ccc(cc1)CSCCc1ccc(cc1)CCSC2. The molecule has 210 valence electrons. The van der Waals surface area contributed by atoms with E-state index in [9.17, 15) is 0 Å². The van der Waals surface area contributed by atoms with E-state index < -0.39 is 0 Å². The van der Waals surface area contributed by atoms with E-state index in [1.54, 1.807) is 0 Å². The Bertz CT molecular complexity index is 1210. The summed E-state index contributed by atoms with van der Waals surface area (Å²) in [6.07, 6.45) is 13.2. The van der Waals surface area contributed by atoms with Gasteiger partial charge >= 0.3 is 0 Å². The molecule has 3 aromatic carbocycles. The molecule has 0 N–H and O–H groups in total. The lowest BCUT2D eigenvalue weighted by Crippen LogP contribution is -2.05. The molecule has 10 heterocycles. The van der Waals surface area contributed by atoms with Gasteiger partial charge in [-0.05, 0) is 106 Å². The maximum atomic E-state index is 2.49. The molecule has 0 aromatic heterocycles. The van der Waals surface area contributed by atoms with Gasteiger partial charge in [-0.2, -0.15) is 47.0 Å². The summed E-state index contributed by atoms with van der Waals surface area (Å²) >= 11 is 8.28. The lowest BCUT2D eigenvalue weighted by Gasteiger charge is -2.16. The van der Waals surface area contributed by atoms with Crippen molar-refractivity contribution in [3.8, 4) is 0 Å². The summed E-state index contributed by atoms with van der Waals surface area (Å²) in [7, 11) is 0. The normalized spacial score (nSPS) is 20.1. The maximum Gasteiger partial charge on any atom is 0.0184 e. The number of benzene rings is 3. The van der Waals surface area contributed by atoms with Gasteiger partial charge < -0.3 is 0 Å². The van der Waals surface area contributed by atoms with Crippen molar-refractivity contribution in [3.05, 3.63) is 130 Å². The Kier molecular flexibility index (Phi) is 12.6. The predicted octanol–water partition coefficient (Wildman–Crippen LogP) is 9.71. The first-order valence-corrected chi connectivity index (χ1v) is 19.3. The summed E-state index contributed by atoms with van der Waals surface area (Å²) in [5.41, 5.74) is 10.3. The highest BCUT2D eigenvalue weighted by Crippen LogP contribution is 2.24. The second-order valence-corrected chi connectivity index (χ2v) is 15.3. The van der Waals surface area contributed by atoms with E-state index in [1.807, 2.05) is 23.5 Å². The van der Waals surface area contributed by atoms with Crippen LogP contribution in [0, 0.1) is 5.92 Å². The van der Waals surface area contributed by atoms with Crippen molar-refractivity contribution in [3.63, 3.8) is 0 Å². The summed E-state index contributed by atoms with van der Waals surface area (Å²) in [5.74, 6) is 10.0. The van der Waals surface area contributed by atoms with Gasteiger partial charge in [-0.3, -0.25) is 0 Å². The summed E-state index contributed by atoms with van der Waals surface area (Å²) < 4.78 is 0. The van der Waals surface area contributed by atoms with Crippen molar-refractivity contribution in [1.29, 1.82) is 0 Å². The lowest BCUT2D eigenvalue weighted by atomic mass is 9.99. The molecule has 0 saturated heterocycles. The zero-order valence-corrected chi connectivity index (χ0v) is 26.8. The van der Waals surface area contributed by atoms with E-state index >= 15 is 0 Å². The number of hydrogen-bond donors (Lipinski definition) is 0. The number of thioether (sulfide) groups is 4. The smallest absolute Gasteiger partial charge is 0.0184 e. The highest BCUT2D eigenvalue weighted by molar-refractivity contribution is 7.99. The van der Waals surface area contributed by atoms with Crippen LogP contribution < -0.4 is 0 Å². The van der Waals surface area contributed by atoms with Crippen molar-refractivity contribution in [2.24, 2.45) is 5.92 Å². The maximum absolute atomic E-state index is 2.49. The van der Waals surface area contributed by atoms with Gasteiger partial charge in [0.25, 0.3) is 0 Å². The van der Waals surface area contributed by atoms with Crippen LogP contribution in [0.15, 0.2) is 96.6 Å². The van der Waals surface area contributed by atoms with Crippen molar-refractivity contribution in [1.82, 2.24) is 0 Å². The van der Waals surface area contributed by atoms with Crippen LogP contribution in [0.4, 0.5) is 0 Å². The first kappa shape index (κ1) is 30.0. The molecule has 40 heavy (non-hydrogen) atoms. The quantitative estimate of drug-likeness (QED) is 0.251. The van der Waals surface area contributed by atoms with E-state index in [0.29, 0.717) is 5.92 Å². The third-order valence-electron chi connectivity index (χ3n) is 7.61. The minimum atomic E-state index is 0.697. The number of allylic oxidation sites excluding steroid dienone is 3. The Morgan fingerprint density at radius 1 is 0.450 bits per heavy atom. The molecule has 0 nitrogen and oxygen atoms in total. The zero-order chi connectivity index (χ0) is 27.2. The minimum Gasteiger partial charge on any atom is -0.161 e. The number of aryl methyl sites for hydroxylation is 4. The van der Waals surface area contributed by atoms with Crippen LogP contribution in [0.1, 0.15) is 39.8 Å². The second kappa shape index (κ2) is 16.9. The molecular weight excluding hydrogens is 561 g/mol. The van der Waals surface area contributed by atoms with Gasteiger partial charge in [-0.15, -0.1) is 0 Å². The highest BCUT2D eigenvalue weighted by atomic mass is 32.2. The predicted molar refractivity (Wildman–Crippen MR) is 186 cm³/mol. The monoisotopic (exact) mass is 602 g/mol. The Balaban J connectivity index is 1.13. The molecule has 0 spiro atoms. The Hall–Kier alpha value is -1.46. The van der Waals surface area contributed by atoms with Crippen LogP contribution in [-0.4, -0.2) is 34.5 Å². The summed E-state index contributed by atoms with van der Waals surface area (Å²) in [5, 5.41) is 0. The van der Waals surface area contributed by atoms with E-state index in [2.05, 4.69) is 115 Å². The minimum absolute atomic E-state index is 0.697. The topological polar surface area (TPSA) is 0 Å². The average molecular weight is 603 g/mol. The summed E-state index contributed by atoms with van der Waals surface area (Å²) in [4.78, 5) is 0. The Labute approximate surface area is 259 Å². The van der Waals surface area contributed by atoms with E-state index in [0.717, 1.165) is 36.5 Å². The van der Waals surface area contributed by atoms with Crippen LogP contribution in [0.25, 0.3) is 0 Å². The van der Waals surface area contributed by atoms with E-state index in [1.165, 1.54) is 80.6 Å². The van der Waals surface area contributed by atoms with Gasteiger partial charge in [-0.1, -0.05) is 91.0 Å². The molecule has 0 radical (unpaired) electrons. The van der Waals surface area contributed by atoms with Crippen molar-refractivity contribution >= 4 is 47.0 Å². The third-order valence-corrected chi connectivity index (χ3v) is 11.9. The fourth-order valence-corrected chi connectivity index (χ4v) is 8.96. The fraction of sp³-hybridized carbons (Fsp3) is 0.389. The first-order chi connectivity index (χ1) is 19.8. The van der Waals surface area contributed by atoms with Crippen LogP contribution >= 0.6 is 47.0 Å². The molecule has 4 heteroatoms. The van der Waals surface area contributed by atoms with Crippen molar-refractivity contribution in [2.45, 2.75) is 43.6 Å². The van der Waals surface area contributed by atoms with Gasteiger partial charge in [0.1, 0.15) is 0 Å². The molecular formula is C36H42S4. The molecule has 1 aliphatic carbocycles. The zero-order valence-electron chi connectivity index (χ0n) is 23.6. The van der Waals surface area contributed by atoms with Crippen LogP contribution in [-0.2, 0) is 37.2 Å². The van der Waals surface area contributed by atoms with Crippen LogP contribution in [0.5, 0.6) is 0 Å². The van der Waals surface area contributed by atoms with Crippen LogP contribution in [0.3, 0.4) is 0 Å². The molecule has 11 aliphatic rings. The molecule has 0 fully saturated rings. The summed E-state index contributed by atoms with van der Waals surface area (Å²) in [6.45, 7) is 0. The molecule has 1 atom stereocenters. The van der Waals surface area contributed by atoms with E-state index in [-0.39, 0.29) is 0 Å². The third kappa shape index (κ3) is 10.4. The van der Waals surface area contributed by atoms with E-state index in [4.69, 9.17) is 0 Å². The number of rotatable bonds is 0. The van der Waals surface area contributed by atoms with Gasteiger partial charge in [0.05, 0.1) is 0 Å². The van der Waals surface area contributed by atoms with Gasteiger partial charge in [-0.25, -0.2) is 0 Å². The Morgan fingerprint density at radius 3 is 1.27 bits per heavy atom. The van der Waals surface area contributed by atoms with Gasteiger partial charge in [0, 0.05) is 17.3 Å². The highest BCUT2D eigenvalue weighted by Gasteiger charge is 2.09. The lowest BCUT2D eigenvalue weighted by molar-refractivity contribution is 0.743. The molecule has 14 rings (SSSR count). The average Bonchev–Trinajstić information content (AvgIpc) is 3.00. The van der Waals surface area contributed by atoms with Gasteiger partial charge in [0.15, 0.2) is 0 Å². The number of hydrogen-bond acceptors (Lipinski definition) is 4. The van der Waals surface area contributed by atoms with Crippen molar-refractivity contribution < 1.29 is 0 Å². The summed E-state index contributed by atoms with van der Waals surface area (Å²) in [6, 6.07) is 28.1. The Morgan fingerprint density at radius 2 is 0.850 bits per heavy atom. The fourth-order valence-electron chi connectivity index (χ4n) is 4.98. The first-order valence-electron chi connectivity index (χ1n) is 14.7. The molecule has 0 amide bonds. The standard InChI is InChI=1S/C36H42S4/c1-2-30-4-3-29(1)17-21-37-25-33-9-11-35(12-10-33)27-39-23-19-31-5-7-32(8-6-31)20-24-40-28-36-15-13-34(14-16-36)26-38-22-18-30/h1-15,36H,16-28H2.